The number of nitrogens with zero attached hydrogens (tertiary/aromatic N) is 4. The number of rotatable bonds is 6. The van der Waals surface area contributed by atoms with Crippen molar-refractivity contribution < 1.29 is 4.79 Å². The van der Waals surface area contributed by atoms with Gasteiger partial charge in [0.25, 0.3) is 5.91 Å². The number of amides is 1. The minimum Gasteiger partial charge on any atom is -0.371 e. The van der Waals surface area contributed by atoms with Crippen LogP contribution in [-0.2, 0) is 19.4 Å². The summed E-state index contributed by atoms with van der Waals surface area (Å²) < 4.78 is 0. The first-order chi connectivity index (χ1) is 15.7. The van der Waals surface area contributed by atoms with E-state index in [1.807, 2.05) is 18.2 Å². The monoisotopic (exact) mass is 445 g/mol. The maximum Gasteiger partial charge on any atom is 0.271 e. The maximum atomic E-state index is 12.2. The van der Waals surface area contributed by atoms with Gasteiger partial charge < -0.3 is 10.2 Å². The van der Waals surface area contributed by atoms with Crippen molar-refractivity contribution in [1.29, 1.82) is 0 Å². The van der Waals surface area contributed by atoms with Gasteiger partial charge in [-0.3, -0.25) is 14.8 Å². The summed E-state index contributed by atoms with van der Waals surface area (Å²) >= 11 is 6.49. The lowest BCUT2D eigenvalue weighted by molar-refractivity contribution is 0.0945. The third kappa shape index (κ3) is 4.50. The summed E-state index contributed by atoms with van der Waals surface area (Å²) in [4.78, 5) is 27.5. The van der Waals surface area contributed by atoms with E-state index in [-0.39, 0.29) is 5.91 Å². The van der Waals surface area contributed by atoms with E-state index in [9.17, 15) is 4.79 Å². The van der Waals surface area contributed by atoms with Crippen molar-refractivity contribution in [3.8, 4) is 0 Å². The lowest BCUT2D eigenvalue weighted by Gasteiger charge is -2.17. The van der Waals surface area contributed by atoms with Crippen LogP contribution >= 0.6 is 11.6 Å². The molecule has 32 heavy (non-hydrogen) atoms. The minimum atomic E-state index is -0.251. The standard InChI is InChI=1S/C25H24ClN5O/c26-22-6-3-17(15-29-25(32)24-16-27-7-8-28-24)11-19(22)13-20-12-18-4-5-21(14-23(18)30-20)31-9-1-2-10-31/h3-8,11,14,16H,1-2,9-10,12-13,15H2,(H,29,32). The zero-order chi connectivity index (χ0) is 21.9. The summed E-state index contributed by atoms with van der Waals surface area (Å²) in [6.45, 7) is 2.65. The lowest BCUT2D eigenvalue weighted by atomic mass is 10.0. The molecule has 162 valence electrons. The number of fused-ring (bicyclic) bond motifs is 1. The van der Waals surface area contributed by atoms with E-state index < -0.39 is 0 Å². The number of halogens is 1. The number of hydrogen-bond donors (Lipinski definition) is 1. The predicted molar refractivity (Wildman–Crippen MR) is 127 cm³/mol. The van der Waals surface area contributed by atoms with Crippen LogP contribution in [0.3, 0.4) is 0 Å². The first-order valence-electron chi connectivity index (χ1n) is 10.9. The Labute approximate surface area is 192 Å². The van der Waals surface area contributed by atoms with Crippen LogP contribution in [0.25, 0.3) is 0 Å². The summed E-state index contributed by atoms with van der Waals surface area (Å²) in [6, 6.07) is 12.5. The highest BCUT2D eigenvalue weighted by atomic mass is 35.5. The Bertz CT molecular complexity index is 1170. The normalized spacial score (nSPS) is 14.9. The van der Waals surface area contributed by atoms with Crippen LogP contribution < -0.4 is 10.2 Å². The quantitative estimate of drug-likeness (QED) is 0.605. The number of hydrogen-bond acceptors (Lipinski definition) is 5. The van der Waals surface area contributed by atoms with Crippen molar-refractivity contribution in [3.63, 3.8) is 0 Å². The van der Waals surface area contributed by atoms with Crippen molar-refractivity contribution in [2.75, 3.05) is 18.0 Å². The van der Waals surface area contributed by atoms with Gasteiger partial charge in [0.15, 0.2) is 0 Å². The van der Waals surface area contributed by atoms with Crippen molar-refractivity contribution >= 4 is 34.6 Å². The molecule has 1 N–H and O–H groups in total. The van der Waals surface area contributed by atoms with Gasteiger partial charge in [0.1, 0.15) is 5.69 Å². The van der Waals surface area contributed by atoms with Crippen LogP contribution in [0.5, 0.6) is 0 Å². The summed E-state index contributed by atoms with van der Waals surface area (Å²) in [7, 11) is 0. The van der Waals surface area contributed by atoms with Crippen molar-refractivity contribution in [2.45, 2.75) is 32.2 Å². The second kappa shape index (κ2) is 9.09. The highest BCUT2D eigenvalue weighted by Crippen LogP contribution is 2.33. The van der Waals surface area contributed by atoms with E-state index in [1.165, 1.54) is 36.5 Å². The van der Waals surface area contributed by atoms with E-state index in [2.05, 4.69) is 38.4 Å². The molecule has 0 saturated carbocycles. The maximum absolute atomic E-state index is 12.2. The first-order valence-corrected chi connectivity index (χ1v) is 11.3. The molecule has 1 aromatic heterocycles. The number of anilines is 1. The number of aromatic nitrogens is 2. The molecule has 0 atom stereocenters. The minimum absolute atomic E-state index is 0.251. The largest absolute Gasteiger partial charge is 0.371 e. The van der Waals surface area contributed by atoms with Gasteiger partial charge >= 0.3 is 0 Å². The molecule has 2 aliphatic heterocycles. The molecule has 6 nitrogen and oxygen atoms in total. The number of carbonyl (C=O) groups is 1. The second-order valence-corrected chi connectivity index (χ2v) is 8.65. The highest BCUT2D eigenvalue weighted by Gasteiger charge is 2.19. The average Bonchev–Trinajstić information content (AvgIpc) is 3.49. The van der Waals surface area contributed by atoms with Gasteiger partial charge in [0.05, 0.1) is 11.9 Å². The van der Waals surface area contributed by atoms with Crippen molar-refractivity contribution in [3.05, 3.63) is 82.4 Å². The molecular formula is C25H24ClN5O. The Hall–Kier alpha value is -3.25. The number of benzene rings is 2. The molecule has 7 heteroatoms. The van der Waals surface area contributed by atoms with Gasteiger partial charge in [-0.15, -0.1) is 0 Å². The van der Waals surface area contributed by atoms with Gasteiger partial charge in [-0.05, 0) is 47.7 Å². The van der Waals surface area contributed by atoms with Crippen LogP contribution in [0.1, 0.15) is 40.0 Å². The van der Waals surface area contributed by atoms with Gasteiger partial charge in [-0.25, -0.2) is 4.98 Å². The molecule has 2 aliphatic rings. The molecular weight excluding hydrogens is 422 g/mol. The molecule has 3 aromatic rings. The summed E-state index contributed by atoms with van der Waals surface area (Å²) in [5.74, 6) is -0.251. The second-order valence-electron chi connectivity index (χ2n) is 8.24. The lowest BCUT2D eigenvalue weighted by Crippen LogP contribution is -2.24. The molecule has 5 rings (SSSR count). The van der Waals surface area contributed by atoms with Crippen LogP contribution in [0.15, 0.2) is 60.0 Å². The van der Waals surface area contributed by atoms with Crippen LogP contribution in [0.4, 0.5) is 11.4 Å². The molecule has 0 radical (unpaired) electrons. The number of nitrogens with one attached hydrogen (secondary N) is 1. The molecule has 0 spiro atoms. The third-order valence-electron chi connectivity index (χ3n) is 5.97. The molecule has 2 aromatic carbocycles. The SMILES string of the molecule is O=C(NCc1ccc(Cl)c(CC2=Nc3cc(N4CCCC4)ccc3C2)c1)c1cnccn1. The predicted octanol–water partition coefficient (Wildman–Crippen LogP) is 4.53. The van der Waals surface area contributed by atoms with Crippen molar-refractivity contribution in [2.24, 2.45) is 4.99 Å². The molecule has 1 amide bonds. The molecule has 3 heterocycles. The molecule has 0 unspecified atom stereocenters. The Kier molecular flexibility index (Phi) is 5.86. The molecule has 1 saturated heterocycles. The van der Waals surface area contributed by atoms with E-state index in [0.717, 1.165) is 42.0 Å². The van der Waals surface area contributed by atoms with Gasteiger partial charge in [-0.2, -0.15) is 0 Å². The number of carbonyl (C=O) groups excluding carboxylic acids is 1. The summed E-state index contributed by atoms with van der Waals surface area (Å²) in [5, 5.41) is 3.60. The average molecular weight is 446 g/mol. The Morgan fingerprint density at radius 2 is 1.97 bits per heavy atom. The van der Waals surface area contributed by atoms with Gasteiger partial charge in [0, 0.05) is 61.3 Å². The topological polar surface area (TPSA) is 70.5 Å². The third-order valence-corrected chi connectivity index (χ3v) is 6.34. The molecule has 0 aliphatic carbocycles. The molecule has 1 fully saturated rings. The van der Waals surface area contributed by atoms with Crippen molar-refractivity contribution in [1.82, 2.24) is 15.3 Å². The van der Waals surface area contributed by atoms with E-state index in [1.54, 1.807) is 6.20 Å². The fraction of sp³-hybridized carbons (Fsp3) is 0.280. The Morgan fingerprint density at radius 3 is 2.78 bits per heavy atom. The fourth-order valence-corrected chi connectivity index (χ4v) is 4.48. The zero-order valence-electron chi connectivity index (χ0n) is 17.7. The number of aliphatic imine (C=N–C) groups is 1. The van der Waals surface area contributed by atoms with Gasteiger partial charge in [-0.1, -0.05) is 29.8 Å². The van der Waals surface area contributed by atoms with E-state index >= 15 is 0 Å². The van der Waals surface area contributed by atoms with Gasteiger partial charge in [0.2, 0.25) is 0 Å². The van der Waals surface area contributed by atoms with Crippen LogP contribution in [-0.4, -0.2) is 34.7 Å². The fourth-order valence-electron chi connectivity index (χ4n) is 4.29. The Balaban J connectivity index is 1.26. The zero-order valence-corrected chi connectivity index (χ0v) is 18.5. The van der Waals surface area contributed by atoms with E-state index in [0.29, 0.717) is 23.7 Å². The molecule has 0 bridgehead atoms. The van der Waals surface area contributed by atoms with Crippen LogP contribution in [0, 0.1) is 0 Å². The summed E-state index contributed by atoms with van der Waals surface area (Å²) in [5.41, 5.74) is 7.03. The summed E-state index contributed by atoms with van der Waals surface area (Å²) in [6.07, 6.45) is 8.56. The Morgan fingerprint density at radius 1 is 1.09 bits per heavy atom. The first kappa shape index (κ1) is 20.6. The highest BCUT2D eigenvalue weighted by molar-refractivity contribution is 6.31. The smallest absolute Gasteiger partial charge is 0.271 e. The van der Waals surface area contributed by atoms with E-state index in [4.69, 9.17) is 16.6 Å². The van der Waals surface area contributed by atoms with Crippen LogP contribution in [0.2, 0.25) is 5.02 Å².